The molecule has 0 N–H and O–H groups in total. The molecule has 0 radical (unpaired) electrons. The second-order valence-corrected chi connectivity index (χ2v) is 7.00. The second kappa shape index (κ2) is 8.97. The zero-order valence-corrected chi connectivity index (χ0v) is 15.7. The minimum atomic E-state index is 0.210. The van der Waals surface area contributed by atoms with E-state index in [0.29, 0.717) is 6.42 Å². The number of ether oxygens (including phenoxy) is 1. The van der Waals surface area contributed by atoms with Gasteiger partial charge in [0, 0.05) is 36.8 Å². The molecule has 0 aliphatic carbocycles. The molecule has 3 rings (SSSR count). The molecule has 1 fully saturated rings. The van der Waals surface area contributed by atoms with E-state index in [-0.39, 0.29) is 11.8 Å². The fraction of sp³-hybridized carbons (Fsp3) is 0.409. The molecular formula is C22H28N2O2. The molecule has 138 valence electrons. The van der Waals surface area contributed by atoms with Gasteiger partial charge in [-0.25, -0.2) is 0 Å². The van der Waals surface area contributed by atoms with Gasteiger partial charge in [0.05, 0.1) is 13.2 Å². The number of hydrogen-bond donors (Lipinski definition) is 0. The van der Waals surface area contributed by atoms with E-state index in [4.69, 9.17) is 4.74 Å². The SMILES string of the molecule is CN(C)C(CCC(=O)c1ccc(N2CCOCC2)cc1)c1ccccc1. The van der Waals surface area contributed by atoms with Crippen LogP contribution in [0.3, 0.4) is 0 Å². The molecular weight excluding hydrogens is 324 g/mol. The zero-order chi connectivity index (χ0) is 18.4. The van der Waals surface area contributed by atoms with Crippen LogP contribution in [0.1, 0.15) is 34.8 Å². The van der Waals surface area contributed by atoms with Crippen molar-refractivity contribution < 1.29 is 9.53 Å². The second-order valence-electron chi connectivity index (χ2n) is 7.00. The van der Waals surface area contributed by atoms with Gasteiger partial charge in [0.25, 0.3) is 0 Å². The van der Waals surface area contributed by atoms with E-state index in [2.05, 4.69) is 60.3 Å². The van der Waals surface area contributed by atoms with Crippen LogP contribution < -0.4 is 4.90 Å². The molecule has 0 bridgehead atoms. The van der Waals surface area contributed by atoms with Gasteiger partial charge >= 0.3 is 0 Å². The van der Waals surface area contributed by atoms with E-state index in [9.17, 15) is 4.79 Å². The predicted octanol–water partition coefficient (Wildman–Crippen LogP) is 3.79. The van der Waals surface area contributed by atoms with Gasteiger partial charge in [-0.1, -0.05) is 30.3 Å². The molecule has 26 heavy (non-hydrogen) atoms. The van der Waals surface area contributed by atoms with E-state index in [0.717, 1.165) is 38.3 Å². The Morgan fingerprint density at radius 3 is 2.31 bits per heavy atom. The summed E-state index contributed by atoms with van der Waals surface area (Å²) in [5.41, 5.74) is 3.22. The number of carbonyl (C=O) groups excluding carboxylic acids is 1. The summed E-state index contributed by atoms with van der Waals surface area (Å²) in [7, 11) is 4.14. The molecule has 1 saturated heterocycles. The maximum Gasteiger partial charge on any atom is 0.162 e. The number of Topliss-reactive ketones (excluding diaryl/α,β-unsaturated/α-hetero) is 1. The van der Waals surface area contributed by atoms with E-state index in [1.54, 1.807) is 0 Å². The monoisotopic (exact) mass is 352 g/mol. The zero-order valence-electron chi connectivity index (χ0n) is 15.7. The quantitative estimate of drug-likeness (QED) is 0.710. The van der Waals surface area contributed by atoms with Gasteiger partial charge in [-0.3, -0.25) is 4.79 Å². The molecule has 0 aromatic heterocycles. The molecule has 4 nitrogen and oxygen atoms in total. The van der Waals surface area contributed by atoms with Gasteiger partial charge in [-0.05, 0) is 50.3 Å². The third-order valence-corrected chi connectivity index (χ3v) is 5.02. The molecule has 1 aliphatic heterocycles. The summed E-state index contributed by atoms with van der Waals surface area (Å²) >= 11 is 0. The number of nitrogens with zero attached hydrogens (tertiary/aromatic N) is 2. The number of anilines is 1. The Hall–Kier alpha value is -2.17. The first-order chi connectivity index (χ1) is 12.6. The summed E-state index contributed by atoms with van der Waals surface area (Å²) in [6.07, 6.45) is 1.37. The van der Waals surface area contributed by atoms with Crippen LogP contribution >= 0.6 is 0 Å². The molecule has 2 aromatic rings. The van der Waals surface area contributed by atoms with Crippen molar-refractivity contribution in [2.24, 2.45) is 0 Å². The predicted molar refractivity (Wildman–Crippen MR) is 106 cm³/mol. The Balaban J connectivity index is 1.60. The highest BCUT2D eigenvalue weighted by Crippen LogP contribution is 2.25. The van der Waals surface area contributed by atoms with Crippen LogP contribution in [0.25, 0.3) is 0 Å². The van der Waals surface area contributed by atoms with Gasteiger partial charge in [0.1, 0.15) is 0 Å². The van der Waals surface area contributed by atoms with E-state index < -0.39 is 0 Å². The highest BCUT2D eigenvalue weighted by atomic mass is 16.5. The van der Waals surface area contributed by atoms with Gasteiger partial charge in [0.15, 0.2) is 5.78 Å². The van der Waals surface area contributed by atoms with Gasteiger partial charge in [-0.15, -0.1) is 0 Å². The molecule has 4 heteroatoms. The number of morpholine rings is 1. The van der Waals surface area contributed by atoms with Gasteiger partial charge in [-0.2, -0.15) is 0 Å². The summed E-state index contributed by atoms with van der Waals surface area (Å²) in [6, 6.07) is 18.7. The molecule has 0 amide bonds. The smallest absolute Gasteiger partial charge is 0.162 e. The lowest BCUT2D eigenvalue weighted by Crippen LogP contribution is -2.36. The number of benzene rings is 2. The number of carbonyl (C=O) groups is 1. The van der Waals surface area contributed by atoms with E-state index in [1.807, 2.05) is 18.2 Å². The molecule has 1 aliphatic rings. The molecule has 2 aromatic carbocycles. The highest BCUT2D eigenvalue weighted by molar-refractivity contribution is 5.96. The van der Waals surface area contributed by atoms with Crippen molar-refractivity contribution in [1.29, 1.82) is 0 Å². The first kappa shape index (κ1) is 18.6. The third-order valence-electron chi connectivity index (χ3n) is 5.02. The molecule has 1 heterocycles. The van der Waals surface area contributed by atoms with Gasteiger partial charge < -0.3 is 14.5 Å². The number of rotatable bonds is 7. The summed E-state index contributed by atoms with van der Waals surface area (Å²) in [6.45, 7) is 3.36. The van der Waals surface area contributed by atoms with Crippen LogP contribution in [0, 0.1) is 0 Å². The van der Waals surface area contributed by atoms with Crippen molar-refractivity contribution in [2.75, 3.05) is 45.3 Å². The minimum Gasteiger partial charge on any atom is -0.378 e. The maximum absolute atomic E-state index is 12.6. The largest absolute Gasteiger partial charge is 0.378 e. The lowest BCUT2D eigenvalue weighted by atomic mass is 9.97. The van der Waals surface area contributed by atoms with Crippen LogP contribution in [0.15, 0.2) is 54.6 Å². The Kier molecular flexibility index (Phi) is 6.42. The summed E-state index contributed by atoms with van der Waals surface area (Å²) in [5, 5.41) is 0. The highest BCUT2D eigenvalue weighted by Gasteiger charge is 2.17. The average molecular weight is 352 g/mol. The maximum atomic E-state index is 12.6. The van der Waals surface area contributed by atoms with Crippen molar-refractivity contribution in [3.8, 4) is 0 Å². The Bertz CT molecular complexity index is 692. The van der Waals surface area contributed by atoms with Gasteiger partial charge in [0.2, 0.25) is 0 Å². The molecule has 1 atom stereocenters. The Morgan fingerprint density at radius 2 is 1.69 bits per heavy atom. The summed E-state index contributed by atoms with van der Waals surface area (Å²) in [5.74, 6) is 0.210. The molecule has 0 saturated carbocycles. The normalized spacial score (nSPS) is 15.9. The average Bonchev–Trinajstić information content (AvgIpc) is 2.69. The number of hydrogen-bond acceptors (Lipinski definition) is 4. The first-order valence-corrected chi connectivity index (χ1v) is 9.32. The minimum absolute atomic E-state index is 0.210. The van der Waals surface area contributed by atoms with Crippen molar-refractivity contribution in [3.63, 3.8) is 0 Å². The number of ketones is 1. The van der Waals surface area contributed by atoms with Crippen LogP contribution in [0.4, 0.5) is 5.69 Å². The lowest BCUT2D eigenvalue weighted by molar-refractivity contribution is 0.0968. The molecule has 0 spiro atoms. The fourth-order valence-electron chi connectivity index (χ4n) is 3.49. The first-order valence-electron chi connectivity index (χ1n) is 9.32. The van der Waals surface area contributed by atoms with Crippen molar-refractivity contribution in [3.05, 3.63) is 65.7 Å². The fourth-order valence-corrected chi connectivity index (χ4v) is 3.49. The van der Waals surface area contributed by atoms with Crippen molar-refractivity contribution in [2.45, 2.75) is 18.9 Å². The van der Waals surface area contributed by atoms with E-state index >= 15 is 0 Å². The topological polar surface area (TPSA) is 32.8 Å². The lowest BCUT2D eigenvalue weighted by Gasteiger charge is -2.28. The van der Waals surface area contributed by atoms with Crippen LogP contribution in [0.2, 0.25) is 0 Å². The van der Waals surface area contributed by atoms with E-state index in [1.165, 1.54) is 11.3 Å². The van der Waals surface area contributed by atoms with Crippen LogP contribution in [0.5, 0.6) is 0 Å². The van der Waals surface area contributed by atoms with Crippen LogP contribution in [-0.2, 0) is 4.74 Å². The summed E-state index contributed by atoms with van der Waals surface area (Å²) in [4.78, 5) is 17.1. The Labute approximate surface area is 156 Å². The third kappa shape index (κ3) is 4.71. The van der Waals surface area contributed by atoms with Crippen LogP contribution in [-0.4, -0.2) is 51.1 Å². The van der Waals surface area contributed by atoms with Crippen molar-refractivity contribution >= 4 is 11.5 Å². The standard InChI is InChI=1S/C22H28N2O2/c1-23(2)21(18-6-4-3-5-7-18)12-13-22(25)19-8-10-20(11-9-19)24-14-16-26-17-15-24/h3-11,21H,12-17H2,1-2H3. The molecule has 1 unspecified atom stereocenters. The van der Waals surface area contributed by atoms with Crippen molar-refractivity contribution in [1.82, 2.24) is 4.90 Å². The summed E-state index contributed by atoms with van der Waals surface area (Å²) < 4.78 is 5.39. The Morgan fingerprint density at radius 1 is 1.04 bits per heavy atom.